The Kier molecular flexibility index (Phi) is 4.18. The van der Waals surface area contributed by atoms with E-state index in [9.17, 15) is 0 Å². The molecule has 1 rings (SSSR count). The second-order valence-electron chi connectivity index (χ2n) is 3.15. The van der Waals surface area contributed by atoms with Gasteiger partial charge in [-0.05, 0) is 18.9 Å². The Hall–Kier alpha value is -1.16. The van der Waals surface area contributed by atoms with Gasteiger partial charge in [-0.3, -0.25) is 4.98 Å². The third-order valence-electron chi connectivity index (χ3n) is 1.85. The maximum atomic E-state index is 5.44. The van der Waals surface area contributed by atoms with E-state index in [-0.39, 0.29) is 0 Å². The van der Waals surface area contributed by atoms with Crippen LogP contribution in [0.4, 0.5) is 5.82 Å². The van der Waals surface area contributed by atoms with Gasteiger partial charge in [0.05, 0.1) is 6.20 Å². The third kappa shape index (κ3) is 3.85. The van der Waals surface area contributed by atoms with E-state index in [1.54, 1.807) is 18.6 Å². The van der Waals surface area contributed by atoms with Crippen LogP contribution in [-0.4, -0.2) is 23.1 Å². The number of hydrogen-bond acceptors (Lipinski definition) is 4. The molecule has 4 nitrogen and oxygen atoms in total. The van der Waals surface area contributed by atoms with Gasteiger partial charge in [-0.15, -0.1) is 0 Å². The fourth-order valence-electron chi connectivity index (χ4n) is 1.06. The van der Waals surface area contributed by atoms with Crippen molar-refractivity contribution < 1.29 is 0 Å². The lowest BCUT2D eigenvalue weighted by Gasteiger charge is -2.10. The number of nitrogens with zero attached hydrogens (tertiary/aromatic N) is 2. The molecule has 13 heavy (non-hydrogen) atoms. The first-order chi connectivity index (χ1) is 6.33. The Labute approximate surface area is 78.6 Å². The van der Waals surface area contributed by atoms with Gasteiger partial charge in [0.25, 0.3) is 0 Å². The Morgan fingerprint density at radius 1 is 1.54 bits per heavy atom. The normalized spacial score (nSPS) is 12.5. The molecule has 0 fully saturated rings. The molecule has 0 aliphatic rings. The molecule has 72 valence electrons. The molecule has 1 atom stereocenters. The topological polar surface area (TPSA) is 63.8 Å². The number of anilines is 1. The van der Waals surface area contributed by atoms with Crippen LogP contribution in [0.1, 0.15) is 13.3 Å². The molecule has 0 aromatic carbocycles. The van der Waals surface area contributed by atoms with Crippen molar-refractivity contribution in [3.8, 4) is 0 Å². The molecule has 0 bridgehead atoms. The molecule has 1 heterocycles. The van der Waals surface area contributed by atoms with Crippen LogP contribution in [0.15, 0.2) is 18.6 Å². The van der Waals surface area contributed by atoms with Gasteiger partial charge in [-0.25, -0.2) is 4.98 Å². The lowest BCUT2D eigenvalue weighted by Crippen LogP contribution is -2.15. The van der Waals surface area contributed by atoms with Gasteiger partial charge in [-0.1, -0.05) is 6.92 Å². The predicted octanol–water partition coefficient (Wildman–Crippen LogP) is 0.873. The summed E-state index contributed by atoms with van der Waals surface area (Å²) in [4.78, 5) is 8.06. The molecule has 4 heteroatoms. The minimum absolute atomic E-state index is 0.576. The second-order valence-corrected chi connectivity index (χ2v) is 3.15. The Morgan fingerprint density at radius 2 is 2.38 bits per heavy atom. The van der Waals surface area contributed by atoms with Gasteiger partial charge in [0.1, 0.15) is 5.82 Å². The number of rotatable bonds is 5. The summed E-state index contributed by atoms with van der Waals surface area (Å²) >= 11 is 0. The highest BCUT2D eigenvalue weighted by Gasteiger charge is 2.00. The van der Waals surface area contributed by atoms with Gasteiger partial charge < -0.3 is 11.1 Å². The SMILES string of the molecule is CC(CCN)CNc1cnccn1. The smallest absolute Gasteiger partial charge is 0.144 e. The van der Waals surface area contributed by atoms with E-state index in [0.717, 1.165) is 25.3 Å². The van der Waals surface area contributed by atoms with Crippen LogP contribution in [0.25, 0.3) is 0 Å². The van der Waals surface area contributed by atoms with Gasteiger partial charge in [-0.2, -0.15) is 0 Å². The summed E-state index contributed by atoms with van der Waals surface area (Å²) in [5.74, 6) is 1.40. The first-order valence-electron chi connectivity index (χ1n) is 4.53. The number of hydrogen-bond donors (Lipinski definition) is 2. The number of aromatic nitrogens is 2. The molecule has 3 N–H and O–H groups in total. The van der Waals surface area contributed by atoms with Crippen molar-refractivity contribution in [2.45, 2.75) is 13.3 Å². The third-order valence-corrected chi connectivity index (χ3v) is 1.85. The summed E-state index contributed by atoms with van der Waals surface area (Å²) in [7, 11) is 0. The molecular weight excluding hydrogens is 164 g/mol. The Morgan fingerprint density at radius 3 is 3.00 bits per heavy atom. The Bertz CT molecular complexity index is 224. The van der Waals surface area contributed by atoms with E-state index < -0.39 is 0 Å². The van der Waals surface area contributed by atoms with Crippen LogP contribution in [0.5, 0.6) is 0 Å². The van der Waals surface area contributed by atoms with Gasteiger partial charge in [0.2, 0.25) is 0 Å². The monoisotopic (exact) mass is 180 g/mol. The molecule has 1 aromatic rings. The van der Waals surface area contributed by atoms with Crippen LogP contribution in [-0.2, 0) is 0 Å². The first kappa shape index (κ1) is 9.92. The fourth-order valence-corrected chi connectivity index (χ4v) is 1.06. The standard InChI is InChI=1S/C9H16N4/c1-8(2-3-10)6-13-9-7-11-4-5-12-9/h4-5,7-8H,2-3,6,10H2,1H3,(H,12,13). The van der Waals surface area contributed by atoms with Crippen molar-refractivity contribution in [1.82, 2.24) is 9.97 Å². The first-order valence-corrected chi connectivity index (χ1v) is 4.53. The zero-order valence-corrected chi connectivity index (χ0v) is 7.90. The summed E-state index contributed by atoms with van der Waals surface area (Å²) in [6.45, 7) is 3.80. The fraction of sp³-hybridized carbons (Fsp3) is 0.556. The largest absolute Gasteiger partial charge is 0.369 e. The lowest BCUT2D eigenvalue weighted by molar-refractivity contribution is 0.567. The molecule has 0 aliphatic carbocycles. The van der Waals surface area contributed by atoms with Crippen LogP contribution in [0.3, 0.4) is 0 Å². The van der Waals surface area contributed by atoms with Crippen molar-refractivity contribution in [2.24, 2.45) is 11.7 Å². The van der Waals surface area contributed by atoms with E-state index >= 15 is 0 Å². The van der Waals surface area contributed by atoms with Crippen molar-refractivity contribution in [3.63, 3.8) is 0 Å². The van der Waals surface area contributed by atoms with Crippen LogP contribution >= 0.6 is 0 Å². The van der Waals surface area contributed by atoms with Crippen molar-refractivity contribution in [1.29, 1.82) is 0 Å². The van der Waals surface area contributed by atoms with Crippen LogP contribution in [0.2, 0.25) is 0 Å². The average Bonchev–Trinajstić information content (AvgIpc) is 2.17. The minimum atomic E-state index is 0.576. The summed E-state index contributed by atoms with van der Waals surface area (Å²) in [5, 5.41) is 3.20. The number of nitrogens with one attached hydrogen (secondary N) is 1. The quantitative estimate of drug-likeness (QED) is 0.706. The van der Waals surface area contributed by atoms with Crippen LogP contribution in [0, 0.1) is 5.92 Å². The van der Waals surface area contributed by atoms with Gasteiger partial charge >= 0.3 is 0 Å². The zero-order valence-electron chi connectivity index (χ0n) is 7.90. The van der Waals surface area contributed by atoms with Crippen LogP contribution < -0.4 is 11.1 Å². The zero-order chi connectivity index (χ0) is 9.52. The second kappa shape index (κ2) is 5.48. The van der Waals surface area contributed by atoms with Gasteiger partial charge in [0.15, 0.2) is 0 Å². The highest BCUT2D eigenvalue weighted by molar-refractivity contribution is 5.29. The maximum Gasteiger partial charge on any atom is 0.144 e. The van der Waals surface area contributed by atoms with E-state index in [1.807, 2.05) is 0 Å². The summed E-state index contributed by atoms with van der Waals surface area (Å²) in [6.07, 6.45) is 6.09. The molecular formula is C9H16N4. The molecule has 0 amide bonds. The number of nitrogens with two attached hydrogens (primary N) is 1. The predicted molar refractivity (Wildman–Crippen MR) is 53.4 cm³/mol. The molecule has 0 saturated heterocycles. The van der Waals surface area contributed by atoms with E-state index in [4.69, 9.17) is 5.73 Å². The van der Waals surface area contributed by atoms with Crippen molar-refractivity contribution >= 4 is 5.82 Å². The highest BCUT2D eigenvalue weighted by Crippen LogP contribution is 2.03. The highest BCUT2D eigenvalue weighted by atomic mass is 15.0. The van der Waals surface area contributed by atoms with Crippen molar-refractivity contribution in [2.75, 3.05) is 18.4 Å². The molecule has 0 radical (unpaired) electrons. The molecule has 1 aromatic heterocycles. The van der Waals surface area contributed by atoms with E-state index in [0.29, 0.717) is 5.92 Å². The molecule has 1 unspecified atom stereocenters. The molecule has 0 aliphatic heterocycles. The average molecular weight is 180 g/mol. The van der Waals surface area contributed by atoms with Gasteiger partial charge in [0, 0.05) is 18.9 Å². The van der Waals surface area contributed by atoms with Crippen molar-refractivity contribution in [3.05, 3.63) is 18.6 Å². The summed E-state index contributed by atoms with van der Waals surface area (Å²) in [6, 6.07) is 0. The Balaban J connectivity index is 2.27. The van der Waals surface area contributed by atoms with E-state index in [2.05, 4.69) is 22.2 Å². The molecule has 0 saturated carbocycles. The minimum Gasteiger partial charge on any atom is -0.369 e. The van der Waals surface area contributed by atoms with E-state index in [1.165, 1.54) is 0 Å². The molecule has 0 spiro atoms. The summed E-state index contributed by atoms with van der Waals surface area (Å²) in [5.41, 5.74) is 5.44. The lowest BCUT2D eigenvalue weighted by atomic mass is 10.1. The maximum absolute atomic E-state index is 5.44. The summed E-state index contributed by atoms with van der Waals surface area (Å²) < 4.78 is 0.